The van der Waals surface area contributed by atoms with Crippen LogP contribution in [0.4, 0.5) is 0 Å². The molecule has 14 heavy (non-hydrogen) atoms. The van der Waals surface area contributed by atoms with Crippen LogP contribution in [0.2, 0.25) is 0 Å². The van der Waals surface area contributed by atoms with E-state index in [0.717, 1.165) is 13.0 Å². The molecule has 1 atom stereocenters. The van der Waals surface area contributed by atoms with Crippen molar-refractivity contribution in [3.63, 3.8) is 0 Å². The van der Waals surface area contributed by atoms with Crippen molar-refractivity contribution in [3.05, 3.63) is 42.0 Å². The van der Waals surface area contributed by atoms with Gasteiger partial charge in [-0.3, -0.25) is 0 Å². The monoisotopic (exact) mass is 189 g/mol. The second-order valence-electron chi connectivity index (χ2n) is 3.50. The summed E-state index contributed by atoms with van der Waals surface area (Å²) in [6, 6.07) is 10.3. The zero-order chi connectivity index (χ0) is 9.80. The van der Waals surface area contributed by atoms with Crippen molar-refractivity contribution in [2.24, 2.45) is 0 Å². The lowest BCUT2D eigenvalue weighted by Crippen LogP contribution is -2.36. The summed E-state index contributed by atoms with van der Waals surface area (Å²) >= 11 is 0. The molecular weight excluding hydrogens is 174 g/mol. The number of benzene rings is 1. The summed E-state index contributed by atoms with van der Waals surface area (Å²) in [6.45, 7) is 1.13. The molecule has 1 aromatic rings. The van der Waals surface area contributed by atoms with E-state index >= 15 is 0 Å². The summed E-state index contributed by atoms with van der Waals surface area (Å²) in [5.41, 5.74) is 2.43. The highest BCUT2D eigenvalue weighted by atomic mass is 16.3. The molecule has 2 heteroatoms. The molecule has 0 saturated heterocycles. The molecule has 0 aromatic heterocycles. The maximum absolute atomic E-state index is 9.22. The first kappa shape index (κ1) is 9.44. The van der Waals surface area contributed by atoms with E-state index in [2.05, 4.69) is 23.5 Å². The summed E-state index contributed by atoms with van der Waals surface area (Å²) in [6.07, 6.45) is 3.26. The number of aliphatic hydroxyl groups is 1. The van der Waals surface area contributed by atoms with E-state index in [9.17, 15) is 5.11 Å². The van der Waals surface area contributed by atoms with Crippen LogP contribution in [0.5, 0.6) is 0 Å². The summed E-state index contributed by atoms with van der Waals surface area (Å²) in [5, 5.41) is 12.5. The number of rotatable bonds is 2. The average molecular weight is 189 g/mol. The fourth-order valence-corrected chi connectivity index (χ4v) is 1.85. The maximum atomic E-state index is 9.22. The SMILES string of the molecule is OCC1NCCC=C1c1ccccc1. The van der Waals surface area contributed by atoms with Gasteiger partial charge in [0.15, 0.2) is 0 Å². The second-order valence-corrected chi connectivity index (χ2v) is 3.50. The molecule has 2 N–H and O–H groups in total. The van der Waals surface area contributed by atoms with Crippen LogP contribution in [-0.4, -0.2) is 24.3 Å². The molecule has 74 valence electrons. The van der Waals surface area contributed by atoms with Gasteiger partial charge in [0.05, 0.1) is 12.6 Å². The van der Waals surface area contributed by atoms with Crippen molar-refractivity contribution in [2.75, 3.05) is 13.2 Å². The summed E-state index contributed by atoms with van der Waals surface area (Å²) < 4.78 is 0. The van der Waals surface area contributed by atoms with Gasteiger partial charge in [-0.15, -0.1) is 0 Å². The molecule has 0 spiro atoms. The van der Waals surface area contributed by atoms with Crippen LogP contribution in [0.15, 0.2) is 36.4 Å². The van der Waals surface area contributed by atoms with E-state index in [-0.39, 0.29) is 12.6 Å². The van der Waals surface area contributed by atoms with Gasteiger partial charge in [-0.1, -0.05) is 36.4 Å². The lowest BCUT2D eigenvalue weighted by Gasteiger charge is -2.24. The van der Waals surface area contributed by atoms with Gasteiger partial charge in [-0.2, -0.15) is 0 Å². The third-order valence-electron chi connectivity index (χ3n) is 2.56. The Bertz CT molecular complexity index is 318. The highest BCUT2D eigenvalue weighted by Crippen LogP contribution is 2.21. The zero-order valence-corrected chi connectivity index (χ0v) is 8.11. The van der Waals surface area contributed by atoms with Crippen LogP contribution in [0.3, 0.4) is 0 Å². The molecule has 0 saturated carbocycles. The number of aliphatic hydroxyl groups excluding tert-OH is 1. The maximum Gasteiger partial charge on any atom is 0.0626 e. The van der Waals surface area contributed by atoms with E-state index in [1.54, 1.807) is 0 Å². The van der Waals surface area contributed by atoms with Crippen molar-refractivity contribution in [2.45, 2.75) is 12.5 Å². The summed E-state index contributed by atoms with van der Waals surface area (Å²) in [7, 11) is 0. The molecule has 0 aliphatic carbocycles. The Morgan fingerprint density at radius 2 is 2.07 bits per heavy atom. The molecule has 1 heterocycles. The zero-order valence-electron chi connectivity index (χ0n) is 8.11. The summed E-state index contributed by atoms with van der Waals surface area (Å²) in [4.78, 5) is 0. The van der Waals surface area contributed by atoms with E-state index in [1.807, 2.05) is 18.2 Å². The minimum atomic E-state index is 0.103. The molecule has 1 aliphatic rings. The van der Waals surface area contributed by atoms with Crippen LogP contribution < -0.4 is 5.32 Å². The molecule has 0 fully saturated rings. The van der Waals surface area contributed by atoms with Crippen molar-refractivity contribution in [1.82, 2.24) is 5.32 Å². The van der Waals surface area contributed by atoms with Crippen LogP contribution in [0, 0.1) is 0 Å². The summed E-state index contributed by atoms with van der Waals surface area (Å²) in [5.74, 6) is 0. The Balaban J connectivity index is 2.28. The highest BCUT2D eigenvalue weighted by molar-refractivity contribution is 5.70. The van der Waals surface area contributed by atoms with Crippen LogP contribution >= 0.6 is 0 Å². The molecule has 1 unspecified atom stereocenters. The Labute approximate surface area is 84.3 Å². The number of hydrogen-bond acceptors (Lipinski definition) is 2. The van der Waals surface area contributed by atoms with Gasteiger partial charge >= 0.3 is 0 Å². The molecule has 2 nitrogen and oxygen atoms in total. The topological polar surface area (TPSA) is 32.3 Å². The quantitative estimate of drug-likeness (QED) is 0.737. The van der Waals surface area contributed by atoms with Crippen molar-refractivity contribution in [1.29, 1.82) is 0 Å². The van der Waals surface area contributed by atoms with E-state index in [4.69, 9.17) is 0 Å². The molecule has 0 bridgehead atoms. The van der Waals surface area contributed by atoms with Crippen LogP contribution in [0.1, 0.15) is 12.0 Å². The van der Waals surface area contributed by atoms with Gasteiger partial charge in [0.1, 0.15) is 0 Å². The minimum absolute atomic E-state index is 0.103. The van der Waals surface area contributed by atoms with Gasteiger partial charge in [0.25, 0.3) is 0 Å². The molecule has 1 aromatic carbocycles. The minimum Gasteiger partial charge on any atom is -0.394 e. The first-order valence-corrected chi connectivity index (χ1v) is 5.01. The highest BCUT2D eigenvalue weighted by Gasteiger charge is 2.16. The largest absolute Gasteiger partial charge is 0.394 e. The molecule has 0 radical (unpaired) electrons. The van der Waals surface area contributed by atoms with E-state index in [1.165, 1.54) is 11.1 Å². The Morgan fingerprint density at radius 3 is 2.79 bits per heavy atom. The Morgan fingerprint density at radius 1 is 1.29 bits per heavy atom. The Kier molecular flexibility index (Phi) is 2.96. The molecule has 2 rings (SSSR count). The van der Waals surface area contributed by atoms with Crippen molar-refractivity contribution < 1.29 is 5.11 Å². The van der Waals surface area contributed by atoms with Gasteiger partial charge in [0.2, 0.25) is 0 Å². The first-order chi connectivity index (χ1) is 6.92. The molecule has 0 amide bonds. The normalized spacial score (nSPS) is 21.8. The van der Waals surface area contributed by atoms with Crippen LogP contribution in [-0.2, 0) is 0 Å². The average Bonchev–Trinajstić information content (AvgIpc) is 2.30. The van der Waals surface area contributed by atoms with E-state index < -0.39 is 0 Å². The standard InChI is InChI=1S/C12H15NO/c14-9-12-11(7-4-8-13-12)10-5-2-1-3-6-10/h1-3,5-7,12-14H,4,8-9H2. The third kappa shape index (κ3) is 1.86. The lowest BCUT2D eigenvalue weighted by atomic mass is 9.95. The second kappa shape index (κ2) is 4.40. The smallest absolute Gasteiger partial charge is 0.0626 e. The molecule has 1 aliphatic heterocycles. The number of hydrogen-bond donors (Lipinski definition) is 2. The first-order valence-electron chi connectivity index (χ1n) is 5.01. The van der Waals surface area contributed by atoms with E-state index in [0.29, 0.717) is 0 Å². The molecular formula is C12H15NO. The van der Waals surface area contributed by atoms with Gasteiger partial charge in [-0.25, -0.2) is 0 Å². The lowest BCUT2D eigenvalue weighted by molar-refractivity contribution is 0.266. The third-order valence-corrected chi connectivity index (χ3v) is 2.56. The Hall–Kier alpha value is -1.12. The fraction of sp³-hybridized carbons (Fsp3) is 0.333. The van der Waals surface area contributed by atoms with Gasteiger partial charge in [0, 0.05) is 0 Å². The predicted molar refractivity (Wildman–Crippen MR) is 57.9 cm³/mol. The van der Waals surface area contributed by atoms with Crippen LogP contribution in [0.25, 0.3) is 5.57 Å². The van der Waals surface area contributed by atoms with Crippen molar-refractivity contribution in [3.8, 4) is 0 Å². The fourth-order valence-electron chi connectivity index (χ4n) is 1.85. The predicted octanol–water partition coefficient (Wildman–Crippen LogP) is 1.42. The van der Waals surface area contributed by atoms with Crippen molar-refractivity contribution >= 4 is 5.57 Å². The van der Waals surface area contributed by atoms with Gasteiger partial charge < -0.3 is 10.4 Å². The number of nitrogens with one attached hydrogen (secondary N) is 1. The van der Waals surface area contributed by atoms with Gasteiger partial charge in [-0.05, 0) is 24.1 Å².